The van der Waals surface area contributed by atoms with Gasteiger partial charge < -0.3 is 10.0 Å². The summed E-state index contributed by atoms with van der Waals surface area (Å²) in [5, 5.41) is 8.77. The van der Waals surface area contributed by atoms with Gasteiger partial charge in [-0.05, 0) is 12.8 Å². The molecule has 0 aromatic heterocycles. The highest BCUT2D eigenvalue weighted by Gasteiger charge is 2.34. The molecule has 0 aromatic rings. The molecule has 1 aliphatic carbocycles. The second-order valence-corrected chi connectivity index (χ2v) is 4.10. The quantitative estimate of drug-likeness (QED) is 0.733. The molecular weight excluding hydrogens is 182 g/mol. The minimum atomic E-state index is -0.907. The van der Waals surface area contributed by atoms with Crippen LogP contribution in [0.25, 0.3) is 0 Å². The zero-order valence-corrected chi connectivity index (χ0v) is 8.86. The lowest BCUT2D eigenvalue weighted by Crippen LogP contribution is -2.37. The fourth-order valence-electron chi connectivity index (χ4n) is 1.39. The number of carboxylic acid groups (broad SMARTS) is 1. The van der Waals surface area contributed by atoms with E-state index < -0.39 is 17.8 Å². The van der Waals surface area contributed by atoms with Gasteiger partial charge >= 0.3 is 5.97 Å². The van der Waals surface area contributed by atoms with E-state index in [1.54, 1.807) is 25.8 Å². The van der Waals surface area contributed by atoms with Crippen LogP contribution in [0.4, 0.5) is 0 Å². The molecule has 0 bridgehead atoms. The van der Waals surface area contributed by atoms with E-state index in [0.717, 1.165) is 12.8 Å². The summed E-state index contributed by atoms with van der Waals surface area (Å²) in [4.78, 5) is 24.1. The molecule has 1 amide bonds. The maximum Gasteiger partial charge on any atom is 0.307 e. The van der Waals surface area contributed by atoms with Crippen LogP contribution >= 0.6 is 0 Å². The number of carboxylic acids is 1. The highest BCUT2D eigenvalue weighted by Crippen LogP contribution is 2.27. The molecule has 4 nitrogen and oxygen atoms in total. The molecule has 14 heavy (non-hydrogen) atoms. The Morgan fingerprint density at radius 1 is 1.29 bits per heavy atom. The first-order chi connectivity index (χ1) is 6.45. The Hall–Kier alpha value is -1.06. The second kappa shape index (κ2) is 3.98. The number of hydrogen-bond acceptors (Lipinski definition) is 2. The Balaban J connectivity index is 2.54. The summed E-state index contributed by atoms with van der Waals surface area (Å²) in [7, 11) is 1.76. The molecule has 1 rings (SSSR count). The fourth-order valence-corrected chi connectivity index (χ4v) is 1.39. The molecule has 80 valence electrons. The van der Waals surface area contributed by atoms with E-state index in [2.05, 4.69) is 0 Å². The minimum absolute atomic E-state index is 0.0533. The maximum absolute atomic E-state index is 11.7. The summed E-state index contributed by atoms with van der Waals surface area (Å²) in [5.41, 5.74) is 0. The summed E-state index contributed by atoms with van der Waals surface area (Å²) in [6, 6.07) is 0.353. The smallest absolute Gasteiger partial charge is 0.307 e. The minimum Gasteiger partial charge on any atom is -0.481 e. The first-order valence-electron chi connectivity index (χ1n) is 4.94. The van der Waals surface area contributed by atoms with Gasteiger partial charge in [0.05, 0.1) is 5.92 Å². The number of rotatable bonds is 4. The monoisotopic (exact) mass is 199 g/mol. The van der Waals surface area contributed by atoms with Crippen molar-refractivity contribution in [1.29, 1.82) is 0 Å². The summed E-state index contributed by atoms with van der Waals surface area (Å²) >= 11 is 0. The van der Waals surface area contributed by atoms with Gasteiger partial charge in [0.1, 0.15) is 0 Å². The third-order valence-electron chi connectivity index (χ3n) is 2.97. The molecule has 2 atom stereocenters. The number of hydrogen-bond donors (Lipinski definition) is 1. The van der Waals surface area contributed by atoms with Crippen LogP contribution in [0.5, 0.6) is 0 Å². The molecule has 2 unspecified atom stereocenters. The van der Waals surface area contributed by atoms with Crippen molar-refractivity contribution >= 4 is 11.9 Å². The SMILES string of the molecule is CC(C(=O)O)C(C)C(=O)N(C)C1CC1. The third-order valence-corrected chi connectivity index (χ3v) is 2.97. The van der Waals surface area contributed by atoms with Crippen molar-refractivity contribution in [1.82, 2.24) is 4.90 Å². The summed E-state index contributed by atoms with van der Waals surface area (Å²) in [6.07, 6.45) is 2.10. The molecule has 0 spiro atoms. The number of nitrogens with zero attached hydrogens (tertiary/aromatic N) is 1. The second-order valence-electron chi connectivity index (χ2n) is 4.10. The average molecular weight is 199 g/mol. The Bertz CT molecular complexity index is 248. The number of carbonyl (C=O) groups is 2. The Kier molecular flexibility index (Phi) is 3.13. The Labute approximate surface area is 83.9 Å². The number of amides is 1. The summed E-state index contributed by atoms with van der Waals surface area (Å²) in [6.45, 7) is 3.26. The van der Waals surface area contributed by atoms with Crippen molar-refractivity contribution in [2.75, 3.05) is 7.05 Å². The van der Waals surface area contributed by atoms with Crippen LogP contribution in [-0.4, -0.2) is 35.0 Å². The van der Waals surface area contributed by atoms with Gasteiger partial charge in [0.2, 0.25) is 5.91 Å². The van der Waals surface area contributed by atoms with Gasteiger partial charge in [0, 0.05) is 19.0 Å². The number of carbonyl (C=O) groups excluding carboxylic acids is 1. The van der Waals surface area contributed by atoms with E-state index in [4.69, 9.17) is 5.11 Å². The fraction of sp³-hybridized carbons (Fsp3) is 0.800. The van der Waals surface area contributed by atoms with Crippen molar-refractivity contribution in [3.8, 4) is 0 Å². The molecule has 1 N–H and O–H groups in total. The zero-order chi connectivity index (χ0) is 10.9. The van der Waals surface area contributed by atoms with Crippen LogP contribution in [0.3, 0.4) is 0 Å². The van der Waals surface area contributed by atoms with E-state index in [0.29, 0.717) is 6.04 Å². The van der Waals surface area contributed by atoms with Gasteiger partial charge in [-0.25, -0.2) is 0 Å². The van der Waals surface area contributed by atoms with Crippen molar-refractivity contribution in [2.24, 2.45) is 11.8 Å². The lowest BCUT2D eigenvalue weighted by molar-refractivity contribution is -0.148. The van der Waals surface area contributed by atoms with Crippen molar-refractivity contribution in [3.05, 3.63) is 0 Å². The van der Waals surface area contributed by atoms with Crippen LogP contribution in [0.15, 0.2) is 0 Å². The van der Waals surface area contributed by atoms with Crippen LogP contribution in [0, 0.1) is 11.8 Å². The molecule has 1 aliphatic rings. The number of aliphatic carboxylic acids is 1. The lowest BCUT2D eigenvalue weighted by atomic mass is 9.95. The molecule has 0 saturated heterocycles. The van der Waals surface area contributed by atoms with Gasteiger partial charge in [0.15, 0.2) is 0 Å². The van der Waals surface area contributed by atoms with Crippen LogP contribution in [-0.2, 0) is 9.59 Å². The van der Waals surface area contributed by atoms with Gasteiger partial charge in [-0.15, -0.1) is 0 Å². The molecule has 1 saturated carbocycles. The van der Waals surface area contributed by atoms with Crippen molar-refractivity contribution in [2.45, 2.75) is 32.7 Å². The maximum atomic E-state index is 11.7. The highest BCUT2D eigenvalue weighted by molar-refractivity contribution is 5.84. The van der Waals surface area contributed by atoms with Crippen LogP contribution < -0.4 is 0 Å². The molecule has 0 radical (unpaired) electrons. The van der Waals surface area contributed by atoms with E-state index >= 15 is 0 Å². The molecule has 0 heterocycles. The van der Waals surface area contributed by atoms with E-state index in [9.17, 15) is 9.59 Å². The summed E-state index contributed by atoms with van der Waals surface area (Å²) < 4.78 is 0. The molecule has 1 fully saturated rings. The molecule has 4 heteroatoms. The normalized spacial score (nSPS) is 19.9. The van der Waals surface area contributed by atoms with Crippen LogP contribution in [0.1, 0.15) is 26.7 Å². The zero-order valence-electron chi connectivity index (χ0n) is 8.86. The molecule has 0 aliphatic heterocycles. The topological polar surface area (TPSA) is 57.6 Å². The van der Waals surface area contributed by atoms with Crippen molar-refractivity contribution in [3.63, 3.8) is 0 Å². The predicted molar refractivity (Wildman–Crippen MR) is 51.8 cm³/mol. The van der Waals surface area contributed by atoms with Gasteiger partial charge in [0.25, 0.3) is 0 Å². The van der Waals surface area contributed by atoms with Crippen LogP contribution in [0.2, 0.25) is 0 Å². The molecule has 0 aromatic carbocycles. The van der Waals surface area contributed by atoms with Gasteiger partial charge in [-0.1, -0.05) is 13.8 Å². The summed E-state index contributed by atoms with van der Waals surface area (Å²) in [5.74, 6) is -2.00. The average Bonchev–Trinajstić information content (AvgIpc) is 2.96. The highest BCUT2D eigenvalue weighted by atomic mass is 16.4. The Morgan fingerprint density at radius 2 is 1.79 bits per heavy atom. The predicted octanol–water partition coefficient (Wildman–Crippen LogP) is 0.964. The van der Waals surface area contributed by atoms with E-state index in [1.807, 2.05) is 0 Å². The van der Waals surface area contributed by atoms with Crippen molar-refractivity contribution < 1.29 is 14.7 Å². The Morgan fingerprint density at radius 3 is 2.14 bits per heavy atom. The lowest BCUT2D eigenvalue weighted by Gasteiger charge is -2.23. The standard InChI is InChI=1S/C10H17NO3/c1-6(7(2)10(13)14)9(12)11(3)8-4-5-8/h6-8H,4-5H2,1-3H3,(H,13,14). The van der Waals surface area contributed by atoms with E-state index in [-0.39, 0.29) is 5.91 Å². The first-order valence-corrected chi connectivity index (χ1v) is 4.94. The van der Waals surface area contributed by atoms with Gasteiger partial charge in [-0.3, -0.25) is 9.59 Å². The van der Waals surface area contributed by atoms with E-state index in [1.165, 1.54) is 0 Å². The molecular formula is C10H17NO3. The largest absolute Gasteiger partial charge is 0.481 e. The first kappa shape index (κ1) is 11.0. The van der Waals surface area contributed by atoms with Gasteiger partial charge in [-0.2, -0.15) is 0 Å². The third kappa shape index (κ3) is 2.25.